The second-order valence-corrected chi connectivity index (χ2v) is 12.6. The minimum Gasteiger partial charge on any atom is -0.447 e. The second kappa shape index (κ2) is 9.06. The summed E-state index contributed by atoms with van der Waals surface area (Å²) in [4.78, 5) is 27.7. The third-order valence-corrected chi connectivity index (χ3v) is 9.18. The molecule has 1 heterocycles. The van der Waals surface area contributed by atoms with Crippen LogP contribution in [-0.4, -0.2) is 35.3 Å². The fourth-order valence-electron chi connectivity index (χ4n) is 7.08. The number of ether oxygens (including phenoxy) is 3. The predicted molar refractivity (Wildman–Crippen MR) is 143 cm³/mol. The van der Waals surface area contributed by atoms with Crippen molar-refractivity contribution < 1.29 is 23.8 Å². The van der Waals surface area contributed by atoms with Gasteiger partial charge in [-0.1, -0.05) is 63.3 Å². The van der Waals surface area contributed by atoms with Gasteiger partial charge in [-0.15, -0.1) is 0 Å². The van der Waals surface area contributed by atoms with Gasteiger partial charge in [0.05, 0.1) is 18.1 Å². The quantitative estimate of drug-likeness (QED) is 0.275. The van der Waals surface area contributed by atoms with E-state index in [0.717, 1.165) is 17.6 Å². The van der Waals surface area contributed by atoms with Crippen molar-refractivity contribution in [2.24, 2.45) is 29.1 Å². The molecule has 0 bridgehead atoms. The van der Waals surface area contributed by atoms with Gasteiger partial charge < -0.3 is 14.2 Å². The summed E-state index contributed by atoms with van der Waals surface area (Å²) >= 11 is 0. The fourth-order valence-corrected chi connectivity index (χ4v) is 7.08. The summed E-state index contributed by atoms with van der Waals surface area (Å²) in [6.45, 7) is 14.4. The lowest BCUT2D eigenvalue weighted by Gasteiger charge is -2.48. The van der Waals surface area contributed by atoms with E-state index >= 15 is 0 Å². The van der Waals surface area contributed by atoms with Crippen molar-refractivity contribution in [2.45, 2.75) is 84.9 Å². The molecule has 198 valence electrons. The highest BCUT2D eigenvalue weighted by atomic mass is 16.7. The minimum absolute atomic E-state index is 0.0131. The van der Waals surface area contributed by atoms with Crippen LogP contribution in [0.2, 0.25) is 0 Å². The Morgan fingerprint density at radius 1 is 1.08 bits per heavy atom. The maximum atomic E-state index is 14.4. The van der Waals surface area contributed by atoms with Gasteiger partial charge in [-0.3, -0.25) is 4.79 Å². The first-order valence-corrected chi connectivity index (χ1v) is 13.6. The predicted octanol–water partition coefficient (Wildman–Crippen LogP) is 6.30. The van der Waals surface area contributed by atoms with Crippen LogP contribution in [0.1, 0.15) is 66.9 Å². The summed E-state index contributed by atoms with van der Waals surface area (Å²) in [5.74, 6) is -1.09. The van der Waals surface area contributed by atoms with Crippen LogP contribution in [0.15, 0.2) is 59.7 Å². The Labute approximate surface area is 220 Å². The van der Waals surface area contributed by atoms with Gasteiger partial charge in [-0.25, -0.2) is 4.79 Å². The van der Waals surface area contributed by atoms with Crippen LogP contribution in [0.4, 0.5) is 0 Å². The number of carbonyl (C=O) groups excluding carboxylic acids is 2. The molecule has 0 spiro atoms. The molecule has 3 aliphatic carbocycles. The number of allylic oxidation sites excluding steroid dienone is 2. The van der Waals surface area contributed by atoms with E-state index in [1.165, 1.54) is 6.08 Å². The summed E-state index contributed by atoms with van der Waals surface area (Å²) in [7, 11) is 0. The average molecular weight is 505 g/mol. The number of carbonyl (C=O) groups is 2. The van der Waals surface area contributed by atoms with Crippen molar-refractivity contribution in [3.8, 4) is 0 Å². The molecular weight excluding hydrogens is 464 g/mol. The molecule has 5 nitrogen and oxygen atoms in total. The lowest BCUT2D eigenvalue weighted by Crippen LogP contribution is -2.60. The number of Topliss-reactive ketones (excluding diaryl/α,β-unsaturated/α-hetero) is 1. The number of fused-ring (bicyclic) bond motifs is 1. The molecule has 1 aromatic rings. The van der Waals surface area contributed by atoms with Gasteiger partial charge in [-0.05, 0) is 80.1 Å². The number of esters is 1. The largest absolute Gasteiger partial charge is 0.447 e. The molecule has 0 radical (unpaired) electrons. The Morgan fingerprint density at radius 3 is 2.49 bits per heavy atom. The molecule has 37 heavy (non-hydrogen) atoms. The van der Waals surface area contributed by atoms with Crippen LogP contribution in [0.5, 0.6) is 0 Å². The number of rotatable bonds is 3. The van der Waals surface area contributed by atoms with Gasteiger partial charge in [0.15, 0.2) is 11.4 Å². The molecule has 0 unspecified atom stereocenters. The SMILES string of the molecule is C/C1=C/C[C@H]2[C@@H](/C=C(\C)C(=O)[C@@]3(OC(=O)/C=C/c4ccccc4)C[C@H](C)[C@@H]4OC(C)(C)O[C@@H]1[C@@H]43)C2(C)C. The number of benzene rings is 1. The standard InChI is InChI=1S/C32H40O5/c1-19-13-15-23-24(30(23,4)5)17-20(2)29(34)32(35-25(33)16-14-22-11-9-8-10-12-22)18-21(3)28-26(32)27(19)36-31(6,7)37-28/h8-14,16-17,21,23-24,26-28H,15,18H2,1-7H3/b16-14+,19-13-,20-17+/t21-,23-,24+,26-,27-,28-,32+/m0/s1. The Morgan fingerprint density at radius 2 is 1.78 bits per heavy atom. The summed E-state index contributed by atoms with van der Waals surface area (Å²) in [6.07, 6.45) is 8.22. The van der Waals surface area contributed by atoms with E-state index < -0.39 is 23.3 Å². The molecule has 1 aromatic carbocycles. The molecule has 5 heteroatoms. The van der Waals surface area contributed by atoms with E-state index in [1.807, 2.05) is 51.1 Å². The van der Waals surface area contributed by atoms with Crippen molar-refractivity contribution in [1.82, 2.24) is 0 Å². The molecule has 1 aliphatic heterocycles. The third kappa shape index (κ3) is 4.55. The topological polar surface area (TPSA) is 61.8 Å². The summed E-state index contributed by atoms with van der Waals surface area (Å²) < 4.78 is 19.3. The van der Waals surface area contributed by atoms with Crippen LogP contribution < -0.4 is 0 Å². The molecular formula is C32H40O5. The van der Waals surface area contributed by atoms with Crippen molar-refractivity contribution in [3.63, 3.8) is 0 Å². The van der Waals surface area contributed by atoms with E-state index in [9.17, 15) is 9.59 Å². The maximum absolute atomic E-state index is 14.4. The number of hydrogen-bond acceptors (Lipinski definition) is 5. The first kappa shape index (κ1) is 26.1. The highest BCUT2D eigenvalue weighted by Gasteiger charge is 2.66. The summed E-state index contributed by atoms with van der Waals surface area (Å²) in [5, 5.41) is 0. The molecule has 5 rings (SSSR count). The third-order valence-electron chi connectivity index (χ3n) is 9.18. The number of ketones is 1. The van der Waals surface area contributed by atoms with Crippen molar-refractivity contribution in [1.29, 1.82) is 0 Å². The Balaban J connectivity index is 1.60. The molecule has 0 aromatic heterocycles. The van der Waals surface area contributed by atoms with Crippen molar-refractivity contribution in [2.75, 3.05) is 0 Å². The molecule has 7 atom stereocenters. The monoisotopic (exact) mass is 504 g/mol. The Hall–Kier alpha value is -2.50. The van der Waals surface area contributed by atoms with Gasteiger partial charge in [0.25, 0.3) is 0 Å². The van der Waals surface area contributed by atoms with E-state index in [0.29, 0.717) is 23.8 Å². The van der Waals surface area contributed by atoms with Gasteiger partial charge >= 0.3 is 5.97 Å². The van der Waals surface area contributed by atoms with E-state index in [-0.39, 0.29) is 29.3 Å². The number of hydrogen-bond donors (Lipinski definition) is 0. The smallest absolute Gasteiger partial charge is 0.331 e. The fraction of sp³-hybridized carbons (Fsp3) is 0.562. The summed E-state index contributed by atoms with van der Waals surface area (Å²) in [6, 6.07) is 9.60. The zero-order valence-corrected chi connectivity index (χ0v) is 23.1. The Kier molecular flexibility index (Phi) is 6.39. The zero-order chi connectivity index (χ0) is 26.8. The van der Waals surface area contributed by atoms with Crippen LogP contribution >= 0.6 is 0 Å². The maximum Gasteiger partial charge on any atom is 0.331 e. The lowest BCUT2D eigenvalue weighted by molar-refractivity contribution is -0.322. The highest BCUT2D eigenvalue weighted by molar-refractivity contribution is 6.04. The zero-order valence-electron chi connectivity index (χ0n) is 23.1. The second-order valence-electron chi connectivity index (χ2n) is 12.6. The van der Waals surface area contributed by atoms with E-state index in [4.69, 9.17) is 14.2 Å². The normalized spacial score (nSPS) is 40.9. The van der Waals surface area contributed by atoms with Gasteiger partial charge in [0.1, 0.15) is 0 Å². The van der Waals surface area contributed by atoms with E-state index in [1.54, 1.807) is 6.08 Å². The molecule has 0 N–H and O–H groups in total. The minimum atomic E-state index is -1.36. The Bertz CT molecular complexity index is 1170. The molecule has 1 saturated heterocycles. The van der Waals surface area contributed by atoms with Crippen LogP contribution in [0, 0.1) is 29.1 Å². The molecule has 0 amide bonds. The van der Waals surface area contributed by atoms with E-state index in [2.05, 4.69) is 39.8 Å². The molecule has 4 aliphatic rings. The average Bonchev–Trinajstić information content (AvgIpc) is 3.23. The molecule has 2 saturated carbocycles. The first-order valence-electron chi connectivity index (χ1n) is 13.6. The highest BCUT2D eigenvalue weighted by Crippen LogP contribution is 2.62. The van der Waals surface area contributed by atoms with Crippen molar-refractivity contribution in [3.05, 3.63) is 65.3 Å². The van der Waals surface area contributed by atoms with Crippen LogP contribution in [-0.2, 0) is 23.8 Å². The first-order chi connectivity index (χ1) is 17.4. The van der Waals surface area contributed by atoms with Crippen LogP contribution in [0.3, 0.4) is 0 Å². The van der Waals surface area contributed by atoms with Crippen molar-refractivity contribution >= 4 is 17.8 Å². The summed E-state index contributed by atoms with van der Waals surface area (Å²) in [5.41, 5.74) is 1.40. The lowest BCUT2D eigenvalue weighted by atomic mass is 9.76. The molecule has 3 fully saturated rings. The van der Waals surface area contributed by atoms with Crippen LogP contribution in [0.25, 0.3) is 6.08 Å². The van der Waals surface area contributed by atoms with Gasteiger partial charge in [0.2, 0.25) is 5.78 Å². The van der Waals surface area contributed by atoms with Gasteiger partial charge in [0, 0.05) is 12.5 Å². The van der Waals surface area contributed by atoms with Gasteiger partial charge in [-0.2, -0.15) is 0 Å².